The fourth-order valence-corrected chi connectivity index (χ4v) is 1.99. The van der Waals surface area contributed by atoms with Crippen LogP contribution in [0.1, 0.15) is 17.5 Å². The number of ether oxygens (including phenoxy) is 2. The van der Waals surface area contributed by atoms with E-state index in [1.807, 2.05) is 6.07 Å². The summed E-state index contributed by atoms with van der Waals surface area (Å²) < 4.78 is 11.0. The van der Waals surface area contributed by atoms with E-state index < -0.39 is 0 Å². The smallest absolute Gasteiger partial charge is 0.125 e. The minimum absolute atomic E-state index is 0.642. The zero-order chi connectivity index (χ0) is 10.7. The number of fused-ring (bicyclic) bond motifs is 1. The summed E-state index contributed by atoms with van der Waals surface area (Å²) >= 11 is 0. The summed E-state index contributed by atoms with van der Waals surface area (Å²) in [4.78, 5) is 0. The Morgan fingerprint density at radius 3 is 3.07 bits per heavy atom. The Balaban J connectivity index is 2.41. The van der Waals surface area contributed by atoms with E-state index in [9.17, 15) is 0 Å². The van der Waals surface area contributed by atoms with Crippen molar-refractivity contribution in [1.29, 1.82) is 0 Å². The Bertz CT molecular complexity index is 350. The molecule has 0 aliphatic carbocycles. The van der Waals surface area contributed by atoms with Crippen LogP contribution in [0, 0.1) is 0 Å². The Kier molecular flexibility index (Phi) is 3.11. The predicted molar refractivity (Wildman–Crippen MR) is 59.6 cm³/mol. The molecule has 3 nitrogen and oxygen atoms in total. The van der Waals surface area contributed by atoms with Crippen LogP contribution in [0.3, 0.4) is 0 Å². The molecule has 2 N–H and O–H groups in total. The Hall–Kier alpha value is -1.22. The predicted octanol–water partition coefficient (Wildman–Crippen LogP) is 1.52. The van der Waals surface area contributed by atoms with Crippen molar-refractivity contribution in [2.75, 3.05) is 20.3 Å². The van der Waals surface area contributed by atoms with Gasteiger partial charge < -0.3 is 15.2 Å². The van der Waals surface area contributed by atoms with E-state index in [1.165, 1.54) is 11.1 Å². The van der Waals surface area contributed by atoms with Crippen molar-refractivity contribution in [3.05, 3.63) is 23.3 Å². The average Bonchev–Trinajstić information content (AvgIpc) is 2.29. The van der Waals surface area contributed by atoms with Crippen LogP contribution >= 0.6 is 0 Å². The Morgan fingerprint density at radius 1 is 1.47 bits per heavy atom. The molecule has 82 valence electrons. The average molecular weight is 207 g/mol. The van der Waals surface area contributed by atoms with Crippen LogP contribution in [-0.2, 0) is 12.8 Å². The molecular weight excluding hydrogens is 190 g/mol. The van der Waals surface area contributed by atoms with E-state index in [0.717, 1.165) is 37.4 Å². The summed E-state index contributed by atoms with van der Waals surface area (Å²) in [6.45, 7) is 1.46. The van der Waals surface area contributed by atoms with Gasteiger partial charge in [0.2, 0.25) is 0 Å². The molecule has 0 fully saturated rings. The van der Waals surface area contributed by atoms with Crippen molar-refractivity contribution in [2.24, 2.45) is 5.73 Å². The molecule has 0 radical (unpaired) electrons. The highest BCUT2D eigenvalue weighted by Crippen LogP contribution is 2.33. The van der Waals surface area contributed by atoms with E-state index in [1.54, 1.807) is 7.11 Å². The van der Waals surface area contributed by atoms with Gasteiger partial charge in [0.15, 0.2) is 0 Å². The third-order valence-corrected chi connectivity index (χ3v) is 2.70. The first kappa shape index (κ1) is 10.3. The van der Waals surface area contributed by atoms with Crippen LogP contribution in [0.4, 0.5) is 0 Å². The van der Waals surface area contributed by atoms with Crippen LogP contribution < -0.4 is 15.2 Å². The molecule has 1 heterocycles. The van der Waals surface area contributed by atoms with Gasteiger partial charge in [-0.1, -0.05) is 0 Å². The largest absolute Gasteiger partial charge is 0.497 e. The van der Waals surface area contributed by atoms with Crippen molar-refractivity contribution in [1.82, 2.24) is 0 Å². The van der Waals surface area contributed by atoms with Crippen molar-refractivity contribution in [3.63, 3.8) is 0 Å². The highest BCUT2D eigenvalue weighted by Gasteiger charge is 2.15. The minimum atomic E-state index is 0.642. The summed E-state index contributed by atoms with van der Waals surface area (Å²) in [5.41, 5.74) is 8.02. The number of benzene rings is 1. The molecule has 0 saturated carbocycles. The molecule has 0 spiro atoms. The fraction of sp³-hybridized carbons (Fsp3) is 0.500. The van der Waals surface area contributed by atoms with Crippen molar-refractivity contribution >= 4 is 0 Å². The Labute approximate surface area is 90.2 Å². The highest BCUT2D eigenvalue weighted by atomic mass is 16.5. The zero-order valence-corrected chi connectivity index (χ0v) is 9.08. The molecule has 15 heavy (non-hydrogen) atoms. The summed E-state index contributed by atoms with van der Waals surface area (Å²) in [5.74, 6) is 1.94. The van der Waals surface area contributed by atoms with Crippen LogP contribution in [0.15, 0.2) is 12.1 Å². The molecule has 0 saturated heterocycles. The van der Waals surface area contributed by atoms with Crippen LogP contribution in [0.25, 0.3) is 0 Å². The number of rotatable bonds is 3. The van der Waals surface area contributed by atoms with E-state index in [0.29, 0.717) is 6.54 Å². The molecule has 2 rings (SSSR count). The van der Waals surface area contributed by atoms with Gasteiger partial charge in [-0.25, -0.2) is 0 Å². The van der Waals surface area contributed by atoms with E-state index in [4.69, 9.17) is 15.2 Å². The molecule has 0 aromatic heterocycles. The van der Waals surface area contributed by atoms with Crippen LogP contribution in [0.5, 0.6) is 11.5 Å². The molecule has 0 bridgehead atoms. The molecule has 0 atom stereocenters. The Morgan fingerprint density at radius 2 is 2.33 bits per heavy atom. The van der Waals surface area contributed by atoms with Crippen molar-refractivity contribution in [3.8, 4) is 11.5 Å². The highest BCUT2D eigenvalue weighted by molar-refractivity contribution is 5.48. The lowest BCUT2D eigenvalue weighted by molar-refractivity contribution is 0.284. The van der Waals surface area contributed by atoms with E-state index in [-0.39, 0.29) is 0 Å². The first-order valence-corrected chi connectivity index (χ1v) is 5.38. The lowest BCUT2D eigenvalue weighted by atomic mass is 10.00. The first-order chi connectivity index (χ1) is 7.35. The lowest BCUT2D eigenvalue weighted by Gasteiger charge is -2.21. The number of nitrogens with two attached hydrogens (primary N) is 1. The van der Waals surface area contributed by atoms with Crippen molar-refractivity contribution in [2.45, 2.75) is 19.3 Å². The normalized spacial score (nSPS) is 14.3. The quantitative estimate of drug-likeness (QED) is 0.817. The van der Waals surface area contributed by atoms with Gasteiger partial charge in [-0.15, -0.1) is 0 Å². The minimum Gasteiger partial charge on any atom is -0.497 e. The third-order valence-electron chi connectivity index (χ3n) is 2.70. The van der Waals surface area contributed by atoms with Gasteiger partial charge in [0, 0.05) is 0 Å². The second kappa shape index (κ2) is 4.53. The monoisotopic (exact) mass is 207 g/mol. The van der Waals surface area contributed by atoms with Gasteiger partial charge in [0.1, 0.15) is 11.5 Å². The number of hydrogen-bond donors (Lipinski definition) is 1. The lowest BCUT2D eigenvalue weighted by Crippen LogP contribution is -2.13. The van der Waals surface area contributed by atoms with Gasteiger partial charge in [-0.2, -0.15) is 0 Å². The summed E-state index contributed by atoms with van der Waals surface area (Å²) in [6.07, 6.45) is 3.01. The molecule has 1 aliphatic rings. The van der Waals surface area contributed by atoms with Gasteiger partial charge >= 0.3 is 0 Å². The second-order valence-electron chi connectivity index (χ2n) is 3.77. The fourth-order valence-electron chi connectivity index (χ4n) is 1.99. The topological polar surface area (TPSA) is 44.5 Å². The standard InChI is InChI=1S/C12H17NO2/c1-14-11-7-9-3-2-6-15-12(9)10(8-11)4-5-13/h7-8H,2-6,13H2,1H3. The van der Waals surface area contributed by atoms with Gasteiger partial charge in [-0.05, 0) is 49.1 Å². The maximum absolute atomic E-state index is 5.70. The molecule has 3 heteroatoms. The van der Waals surface area contributed by atoms with Gasteiger partial charge in [-0.3, -0.25) is 0 Å². The molecule has 1 aromatic carbocycles. The molecule has 1 aliphatic heterocycles. The van der Waals surface area contributed by atoms with E-state index >= 15 is 0 Å². The first-order valence-electron chi connectivity index (χ1n) is 5.38. The zero-order valence-electron chi connectivity index (χ0n) is 9.08. The number of hydrogen-bond acceptors (Lipinski definition) is 3. The number of aryl methyl sites for hydroxylation is 1. The van der Waals surface area contributed by atoms with Crippen LogP contribution in [-0.4, -0.2) is 20.3 Å². The third kappa shape index (κ3) is 2.07. The second-order valence-corrected chi connectivity index (χ2v) is 3.77. The van der Waals surface area contributed by atoms with Gasteiger partial charge in [0.25, 0.3) is 0 Å². The van der Waals surface area contributed by atoms with Crippen molar-refractivity contribution < 1.29 is 9.47 Å². The molecule has 1 aromatic rings. The molecule has 0 unspecified atom stereocenters. The molecule has 0 amide bonds. The SMILES string of the molecule is COc1cc(CCN)c2c(c1)CCCO2. The summed E-state index contributed by atoms with van der Waals surface area (Å²) in [5, 5.41) is 0. The maximum Gasteiger partial charge on any atom is 0.125 e. The molecular formula is C12H17NO2. The number of methoxy groups -OCH3 is 1. The maximum atomic E-state index is 5.70. The van der Waals surface area contributed by atoms with E-state index in [2.05, 4.69) is 6.07 Å². The van der Waals surface area contributed by atoms with Crippen LogP contribution in [0.2, 0.25) is 0 Å². The summed E-state index contributed by atoms with van der Waals surface area (Å²) in [6, 6.07) is 4.09. The summed E-state index contributed by atoms with van der Waals surface area (Å²) in [7, 11) is 1.69. The van der Waals surface area contributed by atoms with Gasteiger partial charge in [0.05, 0.1) is 13.7 Å².